The van der Waals surface area contributed by atoms with Gasteiger partial charge in [-0.1, -0.05) is 53.2 Å². The zero-order valence-corrected chi connectivity index (χ0v) is 18.6. The number of aryl methyl sites for hydroxylation is 1. The summed E-state index contributed by atoms with van der Waals surface area (Å²) in [6, 6.07) is 14.6. The fourth-order valence-corrected chi connectivity index (χ4v) is 6.52. The molecule has 2 N–H and O–H groups in total. The first-order valence-electron chi connectivity index (χ1n) is 10.6. The molecule has 7 heteroatoms. The summed E-state index contributed by atoms with van der Waals surface area (Å²) in [6.45, 7) is 2.03. The van der Waals surface area contributed by atoms with Gasteiger partial charge >= 0.3 is 5.97 Å². The van der Waals surface area contributed by atoms with Gasteiger partial charge in [-0.15, -0.1) is 0 Å². The molecule has 6 atom stereocenters. The lowest BCUT2D eigenvalue weighted by Crippen LogP contribution is -2.40. The molecule has 2 amide bonds. The summed E-state index contributed by atoms with van der Waals surface area (Å²) in [5.74, 6) is -1.47. The fourth-order valence-electron chi connectivity index (χ4n) is 5.48. The molecule has 1 saturated heterocycles. The number of anilines is 2. The number of amides is 2. The van der Waals surface area contributed by atoms with Crippen molar-refractivity contribution in [1.29, 1.82) is 0 Å². The van der Waals surface area contributed by atoms with Gasteiger partial charge in [0.25, 0.3) is 5.91 Å². The predicted octanol–water partition coefficient (Wildman–Crippen LogP) is 4.01. The van der Waals surface area contributed by atoms with Crippen LogP contribution in [-0.2, 0) is 20.7 Å². The van der Waals surface area contributed by atoms with Gasteiger partial charge in [-0.2, -0.15) is 0 Å². The van der Waals surface area contributed by atoms with E-state index in [-0.39, 0.29) is 46.5 Å². The minimum atomic E-state index is -0.447. The lowest BCUT2D eigenvalue weighted by Gasteiger charge is -2.27. The molecule has 6 nitrogen and oxygen atoms in total. The molecule has 2 saturated carbocycles. The van der Waals surface area contributed by atoms with Crippen LogP contribution in [0.15, 0.2) is 48.5 Å². The number of para-hydroxylation sites is 2. The summed E-state index contributed by atoms with van der Waals surface area (Å²) in [5, 5.41) is 5.88. The first kappa shape index (κ1) is 20.2. The third-order valence-electron chi connectivity index (χ3n) is 6.90. The van der Waals surface area contributed by atoms with E-state index in [1.807, 2.05) is 31.2 Å². The van der Waals surface area contributed by atoms with E-state index in [0.717, 1.165) is 24.1 Å². The van der Waals surface area contributed by atoms with Crippen LogP contribution in [-0.4, -0.2) is 28.7 Å². The lowest BCUT2D eigenvalue weighted by atomic mass is 9.79. The van der Waals surface area contributed by atoms with Gasteiger partial charge < -0.3 is 15.4 Å². The second-order valence-electron chi connectivity index (χ2n) is 8.46. The lowest BCUT2D eigenvalue weighted by molar-refractivity contribution is -0.145. The Morgan fingerprint density at radius 2 is 1.74 bits per heavy atom. The first-order valence-corrected chi connectivity index (χ1v) is 11.5. The van der Waals surface area contributed by atoms with Crippen molar-refractivity contribution in [2.75, 3.05) is 10.6 Å². The molecule has 3 fully saturated rings. The Kier molecular flexibility index (Phi) is 5.08. The molecule has 0 spiro atoms. The van der Waals surface area contributed by atoms with Crippen molar-refractivity contribution in [3.63, 3.8) is 0 Å². The number of alkyl halides is 1. The molecule has 2 bridgehead atoms. The summed E-state index contributed by atoms with van der Waals surface area (Å²) in [6.07, 6.45) is 1.49. The molecule has 0 radical (unpaired) electrons. The van der Waals surface area contributed by atoms with Crippen LogP contribution in [0, 0.1) is 23.7 Å². The largest absolute Gasteiger partial charge is 0.461 e. The maximum absolute atomic E-state index is 13.2. The minimum Gasteiger partial charge on any atom is -0.461 e. The average Bonchev–Trinajstić information content (AvgIpc) is 3.38. The highest BCUT2D eigenvalue weighted by Gasteiger charge is 2.67. The average molecular weight is 483 g/mol. The maximum atomic E-state index is 13.2. The molecule has 0 unspecified atom stereocenters. The highest BCUT2D eigenvalue weighted by Crippen LogP contribution is 2.60. The zero-order chi connectivity index (χ0) is 21.7. The number of halogens is 1. The van der Waals surface area contributed by atoms with Crippen molar-refractivity contribution in [3.05, 3.63) is 59.7 Å². The van der Waals surface area contributed by atoms with E-state index in [4.69, 9.17) is 4.74 Å². The maximum Gasteiger partial charge on any atom is 0.310 e. The monoisotopic (exact) mass is 482 g/mol. The third kappa shape index (κ3) is 3.26. The molecule has 2 aromatic rings. The standard InChI is InChI=1S/C24H23BrN2O4/c1-2-12-7-3-5-9-16(12)26-22(28)13-8-4-6-10-17(13)27-23(29)18-14-11-15-19(18)24(30)31-21(15)20(14)25/h3-10,14-15,18-21H,2,11H2,1H3,(H,26,28)(H,27,29)/t14-,15-,18-,19+,20+,21+/m1/s1. The number of hydrogen-bond donors (Lipinski definition) is 2. The molecule has 2 aliphatic carbocycles. The number of fused-ring (bicyclic) bond motifs is 1. The van der Waals surface area contributed by atoms with Crippen LogP contribution in [0.1, 0.15) is 29.3 Å². The topological polar surface area (TPSA) is 84.5 Å². The third-order valence-corrected chi connectivity index (χ3v) is 8.10. The Morgan fingerprint density at radius 3 is 2.52 bits per heavy atom. The number of carbonyl (C=O) groups is 3. The van der Waals surface area contributed by atoms with Crippen LogP contribution in [0.4, 0.5) is 11.4 Å². The summed E-state index contributed by atoms with van der Waals surface area (Å²) in [5.41, 5.74) is 2.62. The van der Waals surface area contributed by atoms with Crippen molar-refractivity contribution >= 4 is 45.1 Å². The predicted molar refractivity (Wildman–Crippen MR) is 120 cm³/mol. The first-order chi connectivity index (χ1) is 15.0. The Labute approximate surface area is 188 Å². The molecule has 2 aromatic carbocycles. The number of rotatable bonds is 5. The molecule has 1 heterocycles. The van der Waals surface area contributed by atoms with Gasteiger partial charge in [-0.3, -0.25) is 14.4 Å². The quantitative estimate of drug-likeness (QED) is 0.497. The van der Waals surface area contributed by atoms with Crippen molar-refractivity contribution in [2.24, 2.45) is 23.7 Å². The van der Waals surface area contributed by atoms with E-state index in [1.54, 1.807) is 24.3 Å². The summed E-state index contributed by atoms with van der Waals surface area (Å²) >= 11 is 3.64. The van der Waals surface area contributed by atoms with Gasteiger partial charge in [-0.05, 0) is 42.5 Å². The van der Waals surface area contributed by atoms with E-state index in [0.29, 0.717) is 11.3 Å². The smallest absolute Gasteiger partial charge is 0.310 e. The van der Waals surface area contributed by atoms with E-state index in [9.17, 15) is 14.4 Å². The van der Waals surface area contributed by atoms with Crippen LogP contribution in [0.25, 0.3) is 0 Å². The second kappa shape index (κ2) is 7.79. The number of ether oxygens (including phenoxy) is 1. The SMILES string of the molecule is CCc1ccccc1NC(=O)c1ccccc1NC(=O)[C@@H]1[C@H]2C[C@H]3[C@H](OC(=O)[C@@H]31)[C@H]2Br. The molecule has 31 heavy (non-hydrogen) atoms. The van der Waals surface area contributed by atoms with Gasteiger partial charge in [0, 0.05) is 11.6 Å². The Hall–Kier alpha value is -2.67. The van der Waals surface area contributed by atoms with E-state index in [2.05, 4.69) is 26.6 Å². The van der Waals surface area contributed by atoms with Gasteiger partial charge in [0.05, 0.1) is 27.9 Å². The van der Waals surface area contributed by atoms with Crippen LogP contribution in [0.5, 0.6) is 0 Å². The summed E-state index contributed by atoms with van der Waals surface area (Å²) < 4.78 is 5.50. The van der Waals surface area contributed by atoms with Gasteiger partial charge in [0.2, 0.25) is 5.91 Å². The molecule has 3 aliphatic rings. The minimum absolute atomic E-state index is 0.0000350. The van der Waals surface area contributed by atoms with Gasteiger partial charge in [0.1, 0.15) is 6.10 Å². The molecular weight excluding hydrogens is 460 g/mol. The van der Waals surface area contributed by atoms with E-state index in [1.165, 1.54) is 0 Å². The van der Waals surface area contributed by atoms with Crippen molar-refractivity contribution < 1.29 is 19.1 Å². The number of carbonyl (C=O) groups excluding carboxylic acids is 3. The molecule has 160 valence electrons. The second-order valence-corrected chi connectivity index (χ2v) is 9.52. The Morgan fingerprint density at radius 1 is 1.03 bits per heavy atom. The van der Waals surface area contributed by atoms with Crippen LogP contribution in [0.3, 0.4) is 0 Å². The van der Waals surface area contributed by atoms with Crippen molar-refractivity contribution in [3.8, 4) is 0 Å². The molecule has 0 aromatic heterocycles. The van der Waals surface area contributed by atoms with E-state index >= 15 is 0 Å². The van der Waals surface area contributed by atoms with Crippen LogP contribution in [0.2, 0.25) is 0 Å². The fraction of sp³-hybridized carbons (Fsp3) is 0.375. The zero-order valence-electron chi connectivity index (χ0n) is 17.0. The van der Waals surface area contributed by atoms with Gasteiger partial charge in [0.15, 0.2) is 0 Å². The molecule has 5 rings (SSSR count). The summed E-state index contributed by atoms with van der Waals surface area (Å²) in [7, 11) is 0. The van der Waals surface area contributed by atoms with Crippen molar-refractivity contribution in [1.82, 2.24) is 0 Å². The Bertz CT molecular complexity index is 1070. The number of nitrogens with one attached hydrogen (secondary N) is 2. The summed E-state index contributed by atoms with van der Waals surface area (Å²) in [4.78, 5) is 38.6. The highest BCUT2D eigenvalue weighted by atomic mass is 79.9. The molecule has 1 aliphatic heterocycles. The van der Waals surface area contributed by atoms with Crippen molar-refractivity contribution in [2.45, 2.75) is 30.7 Å². The normalized spacial score (nSPS) is 30.2. The molecular formula is C24H23BrN2O4. The van der Waals surface area contributed by atoms with Gasteiger partial charge in [-0.25, -0.2) is 0 Å². The Balaban J connectivity index is 1.37. The number of esters is 1. The van der Waals surface area contributed by atoms with E-state index < -0.39 is 5.92 Å². The van der Waals surface area contributed by atoms with Crippen LogP contribution < -0.4 is 10.6 Å². The number of benzene rings is 2. The highest BCUT2D eigenvalue weighted by molar-refractivity contribution is 9.09. The number of hydrogen-bond acceptors (Lipinski definition) is 4. The van der Waals surface area contributed by atoms with Crippen LogP contribution >= 0.6 is 15.9 Å².